The van der Waals surface area contributed by atoms with Gasteiger partial charge in [-0.3, -0.25) is 0 Å². The average Bonchev–Trinajstić information content (AvgIpc) is 2.29. The zero-order chi connectivity index (χ0) is 7.84. The first kappa shape index (κ1) is 7.77. The first-order chi connectivity index (χ1) is 5.25. The van der Waals surface area contributed by atoms with E-state index in [4.69, 9.17) is 5.11 Å². The molecule has 1 nitrogen and oxygen atoms in total. The minimum Gasteiger partial charge on any atom is -0.393 e. The third-order valence-corrected chi connectivity index (χ3v) is 3.90. The molecule has 0 radical (unpaired) electrons. The number of halogens is 1. The third kappa shape index (κ3) is 1.50. The maximum absolute atomic E-state index is 9.08. The van der Waals surface area contributed by atoms with E-state index in [1.165, 1.54) is 8.66 Å². The van der Waals surface area contributed by atoms with Gasteiger partial charge >= 0.3 is 0 Å². The van der Waals surface area contributed by atoms with Gasteiger partial charge in [0.25, 0.3) is 0 Å². The van der Waals surface area contributed by atoms with Crippen molar-refractivity contribution in [3.8, 4) is 0 Å². The molecule has 1 saturated carbocycles. The maximum atomic E-state index is 9.08. The van der Waals surface area contributed by atoms with Crippen molar-refractivity contribution >= 4 is 27.3 Å². The topological polar surface area (TPSA) is 20.2 Å². The first-order valence-corrected chi connectivity index (χ1v) is 5.30. The maximum Gasteiger partial charge on any atom is 0.0701 e. The van der Waals surface area contributed by atoms with Crippen molar-refractivity contribution in [2.24, 2.45) is 0 Å². The van der Waals surface area contributed by atoms with Crippen LogP contribution in [0, 0.1) is 0 Å². The molecule has 2 rings (SSSR count). The van der Waals surface area contributed by atoms with Crippen LogP contribution in [0.5, 0.6) is 0 Å². The number of aliphatic hydroxyl groups excluding tert-OH is 1. The van der Waals surface area contributed by atoms with Gasteiger partial charge in [0.15, 0.2) is 0 Å². The molecular formula is C8H9BrOS. The predicted molar refractivity (Wildman–Crippen MR) is 50.0 cm³/mol. The van der Waals surface area contributed by atoms with Crippen molar-refractivity contribution in [3.63, 3.8) is 0 Å². The number of aliphatic hydroxyl groups is 1. The van der Waals surface area contributed by atoms with Crippen molar-refractivity contribution in [3.05, 3.63) is 20.8 Å². The van der Waals surface area contributed by atoms with E-state index >= 15 is 0 Å². The van der Waals surface area contributed by atoms with E-state index in [0.29, 0.717) is 5.92 Å². The van der Waals surface area contributed by atoms with Crippen LogP contribution in [0.3, 0.4) is 0 Å². The highest BCUT2D eigenvalue weighted by atomic mass is 79.9. The minimum absolute atomic E-state index is 0.0409. The third-order valence-electron chi connectivity index (χ3n) is 2.11. The molecule has 3 heteroatoms. The Bertz CT molecular complexity index is 252. The lowest BCUT2D eigenvalue weighted by atomic mass is 9.81. The van der Waals surface area contributed by atoms with Crippen molar-refractivity contribution in [1.29, 1.82) is 0 Å². The summed E-state index contributed by atoms with van der Waals surface area (Å²) >= 11 is 5.20. The zero-order valence-corrected chi connectivity index (χ0v) is 8.36. The molecule has 0 bridgehead atoms. The van der Waals surface area contributed by atoms with Crippen LogP contribution in [0.1, 0.15) is 23.6 Å². The molecule has 1 fully saturated rings. The van der Waals surface area contributed by atoms with Crippen molar-refractivity contribution in [2.45, 2.75) is 24.9 Å². The number of hydrogen-bond donors (Lipinski definition) is 1. The predicted octanol–water partition coefficient (Wildman–Crippen LogP) is 2.75. The molecule has 11 heavy (non-hydrogen) atoms. The highest BCUT2D eigenvalue weighted by Gasteiger charge is 2.29. The standard InChI is InChI=1S/C8H9BrOS/c9-8-2-1-7(11-8)5-3-6(10)4-5/h1-2,5-6,10H,3-4H2. The average molecular weight is 233 g/mol. The second-order valence-corrected chi connectivity index (χ2v) is 5.46. The van der Waals surface area contributed by atoms with E-state index in [0.717, 1.165) is 12.8 Å². The Morgan fingerprint density at radius 3 is 2.64 bits per heavy atom. The quantitative estimate of drug-likeness (QED) is 0.790. The van der Waals surface area contributed by atoms with Gasteiger partial charge in [0, 0.05) is 4.88 Å². The first-order valence-electron chi connectivity index (χ1n) is 3.69. The van der Waals surface area contributed by atoms with Gasteiger partial charge in [-0.1, -0.05) is 0 Å². The molecule has 1 N–H and O–H groups in total. The highest BCUT2D eigenvalue weighted by molar-refractivity contribution is 9.11. The number of rotatable bonds is 1. The fourth-order valence-corrected chi connectivity index (χ4v) is 2.92. The van der Waals surface area contributed by atoms with Crippen molar-refractivity contribution in [2.75, 3.05) is 0 Å². The molecule has 0 aliphatic heterocycles. The van der Waals surface area contributed by atoms with Crippen LogP contribution in [0.15, 0.2) is 15.9 Å². The Morgan fingerprint density at radius 1 is 1.45 bits per heavy atom. The summed E-state index contributed by atoms with van der Waals surface area (Å²) in [6.45, 7) is 0. The summed E-state index contributed by atoms with van der Waals surface area (Å²) in [4.78, 5) is 1.40. The number of thiophene rings is 1. The molecular weight excluding hydrogens is 224 g/mol. The Hall–Kier alpha value is 0.140. The monoisotopic (exact) mass is 232 g/mol. The Kier molecular flexibility index (Phi) is 2.04. The largest absolute Gasteiger partial charge is 0.393 e. The molecule has 1 aliphatic carbocycles. The molecule has 0 unspecified atom stereocenters. The van der Waals surface area contributed by atoms with E-state index < -0.39 is 0 Å². The Morgan fingerprint density at radius 2 is 2.18 bits per heavy atom. The van der Waals surface area contributed by atoms with Crippen LogP contribution in [0.25, 0.3) is 0 Å². The van der Waals surface area contributed by atoms with E-state index in [1.807, 2.05) is 0 Å². The van der Waals surface area contributed by atoms with Gasteiger partial charge in [0.05, 0.1) is 9.89 Å². The van der Waals surface area contributed by atoms with Crippen LogP contribution in [0.2, 0.25) is 0 Å². The second kappa shape index (κ2) is 2.88. The number of hydrogen-bond acceptors (Lipinski definition) is 2. The molecule has 0 spiro atoms. The van der Waals surface area contributed by atoms with Crippen LogP contribution in [-0.2, 0) is 0 Å². The van der Waals surface area contributed by atoms with Gasteiger partial charge in [-0.15, -0.1) is 11.3 Å². The van der Waals surface area contributed by atoms with Gasteiger partial charge < -0.3 is 5.11 Å². The van der Waals surface area contributed by atoms with Crippen LogP contribution < -0.4 is 0 Å². The lowest BCUT2D eigenvalue weighted by Crippen LogP contribution is -2.25. The molecule has 60 valence electrons. The summed E-state index contributed by atoms with van der Waals surface area (Å²) in [6.07, 6.45) is 1.86. The summed E-state index contributed by atoms with van der Waals surface area (Å²) in [5.41, 5.74) is 0. The fraction of sp³-hybridized carbons (Fsp3) is 0.500. The summed E-state index contributed by atoms with van der Waals surface area (Å²) in [5.74, 6) is 0.626. The molecule has 0 aromatic carbocycles. The van der Waals surface area contributed by atoms with Gasteiger partial charge in [-0.25, -0.2) is 0 Å². The smallest absolute Gasteiger partial charge is 0.0701 e. The molecule has 1 aromatic heterocycles. The SMILES string of the molecule is OC1CC(c2ccc(Br)s2)C1. The molecule has 0 atom stereocenters. The van der Waals surface area contributed by atoms with Crippen molar-refractivity contribution in [1.82, 2.24) is 0 Å². The normalized spacial score (nSPS) is 30.0. The summed E-state index contributed by atoms with van der Waals surface area (Å²) in [6, 6.07) is 4.22. The minimum atomic E-state index is -0.0409. The summed E-state index contributed by atoms with van der Waals surface area (Å²) in [7, 11) is 0. The lowest BCUT2D eigenvalue weighted by molar-refractivity contribution is 0.0758. The molecule has 1 aromatic rings. The van der Waals surface area contributed by atoms with E-state index in [2.05, 4.69) is 28.1 Å². The van der Waals surface area contributed by atoms with E-state index in [1.54, 1.807) is 11.3 Å². The Labute approximate surface area is 78.2 Å². The second-order valence-electron chi connectivity index (χ2n) is 2.96. The highest BCUT2D eigenvalue weighted by Crippen LogP contribution is 2.40. The fourth-order valence-electron chi connectivity index (χ4n) is 1.37. The molecule has 1 aliphatic rings. The van der Waals surface area contributed by atoms with E-state index in [9.17, 15) is 0 Å². The molecule has 0 saturated heterocycles. The van der Waals surface area contributed by atoms with Crippen LogP contribution in [-0.4, -0.2) is 11.2 Å². The Balaban J connectivity index is 2.07. The molecule has 1 heterocycles. The summed E-state index contributed by atoms with van der Waals surface area (Å²) in [5, 5.41) is 9.08. The van der Waals surface area contributed by atoms with Crippen molar-refractivity contribution < 1.29 is 5.11 Å². The van der Waals surface area contributed by atoms with Gasteiger partial charge in [0.1, 0.15) is 0 Å². The van der Waals surface area contributed by atoms with Gasteiger partial charge in [-0.2, -0.15) is 0 Å². The summed E-state index contributed by atoms with van der Waals surface area (Å²) < 4.78 is 1.19. The van der Waals surface area contributed by atoms with Crippen LogP contribution >= 0.6 is 27.3 Å². The van der Waals surface area contributed by atoms with Gasteiger partial charge in [0.2, 0.25) is 0 Å². The van der Waals surface area contributed by atoms with Gasteiger partial charge in [-0.05, 0) is 46.8 Å². The van der Waals surface area contributed by atoms with Crippen LogP contribution in [0.4, 0.5) is 0 Å². The zero-order valence-electron chi connectivity index (χ0n) is 5.96. The van der Waals surface area contributed by atoms with E-state index in [-0.39, 0.29) is 6.10 Å². The molecule has 0 amide bonds. The lowest BCUT2D eigenvalue weighted by Gasteiger charge is -2.30.